The lowest BCUT2D eigenvalue weighted by molar-refractivity contribution is -0.217. The standard InChI is InChI=1S/C43H43NO11/c1-37(2)31(52-36(49)43-21-19-41(8,34(47)55-43)39(43,5)6)30(51-35(48)42-20-18-40(7,33(46)54-42)38(42,3)4)25-28(53-37)24-17-13-12-16-23(24)27-29(25)50-32(45)26(44-27)22-14-10-9-11-15-22/h9-17,30-31H,18-21H2,1-8H3/t30?,31?,40-,41-,42+,43+/m0/s1. The molecule has 55 heavy (non-hydrogen) atoms. The molecule has 2 saturated heterocycles. The van der Waals surface area contributed by atoms with Gasteiger partial charge >= 0.3 is 29.5 Å². The maximum Gasteiger partial charge on any atom is 0.363 e. The zero-order valence-corrected chi connectivity index (χ0v) is 32.1. The molecule has 4 fully saturated rings. The fourth-order valence-electron chi connectivity index (χ4n) is 10.0. The van der Waals surface area contributed by atoms with E-state index < -0.39 is 80.2 Å². The largest absolute Gasteiger partial charge is 0.483 e. The first-order valence-corrected chi connectivity index (χ1v) is 18.8. The molecule has 4 aromatic rings. The van der Waals surface area contributed by atoms with E-state index in [9.17, 15) is 24.0 Å². The smallest absolute Gasteiger partial charge is 0.363 e. The average Bonchev–Trinajstić information content (AvgIpc) is 3.61. The van der Waals surface area contributed by atoms with Gasteiger partial charge in [0.05, 0.1) is 16.4 Å². The van der Waals surface area contributed by atoms with Crippen LogP contribution in [0.4, 0.5) is 0 Å². The van der Waals surface area contributed by atoms with Crippen LogP contribution in [0.3, 0.4) is 0 Å². The van der Waals surface area contributed by atoms with Gasteiger partial charge in [-0.3, -0.25) is 9.59 Å². The Labute approximate surface area is 316 Å². The van der Waals surface area contributed by atoms with Crippen molar-refractivity contribution in [2.24, 2.45) is 21.7 Å². The molecule has 9 rings (SSSR count). The van der Waals surface area contributed by atoms with Crippen LogP contribution in [0.25, 0.3) is 33.1 Å². The van der Waals surface area contributed by atoms with Crippen molar-refractivity contribution in [3.63, 3.8) is 0 Å². The first-order chi connectivity index (χ1) is 25.8. The molecule has 0 N–H and O–H groups in total. The summed E-state index contributed by atoms with van der Waals surface area (Å²) in [4.78, 5) is 74.8. The number of fused-ring (bicyclic) bond motifs is 10. The molecule has 6 atom stereocenters. The Bertz CT molecular complexity index is 2470. The first kappa shape index (κ1) is 35.4. The van der Waals surface area contributed by atoms with Gasteiger partial charge in [0.2, 0.25) is 11.2 Å². The van der Waals surface area contributed by atoms with E-state index in [-0.39, 0.29) is 40.9 Å². The van der Waals surface area contributed by atoms with Crippen LogP contribution < -0.4 is 10.4 Å². The number of benzene rings is 3. The monoisotopic (exact) mass is 749 g/mol. The van der Waals surface area contributed by atoms with Gasteiger partial charge in [0.1, 0.15) is 16.9 Å². The molecule has 4 bridgehead atoms. The second-order valence-electron chi connectivity index (χ2n) is 17.9. The van der Waals surface area contributed by atoms with Crippen LogP contribution in [0.1, 0.15) is 92.7 Å². The van der Waals surface area contributed by atoms with E-state index in [1.165, 1.54) is 0 Å². The molecular weight excluding hydrogens is 706 g/mol. The Morgan fingerprint density at radius 1 is 0.673 bits per heavy atom. The highest BCUT2D eigenvalue weighted by Gasteiger charge is 2.78. The number of esters is 4. The highest BCUT2D eigenvalue weighted by atomic mass is 16.7. The minimum Gasteiger partial charge on any atom is -0.483 e. The molecule has 2 unspecified atom stereocenters. The van der Waals surface area contributed by atoms with E-state index in [0.717, 1.165) is 0 Å². The minimum atomic E-state index is -1.66. The Kier molecular flexibility index (Phi) is 6.92. The van der Waals surface area contributed by atoms with Gasteiger partial charge in [0, 0.05) is 27.2 Å². The molecule has 12 nitrogen and oxygen atoms in total. The van der Waals surface area contributed by atoms with E-state index in [1.807, 2.05) is 58.0 Å². The summed E-state index contributed by atoms with van der Waals surface area (Å²) in [6.07, 6.45) is -1.60. The first-order valence-electron chi connectivity index (χ1n) is 18.8. The Hall–Kier alpha value is -5.26. The van der Waals surface area contributed by atoms with Crippen molar-refractivity contribution in [3.05, 3.63) is 70.6 Å². The van der Waals surface area contributed by atoms with Crippen LogP contribution in [-0.2, 0) is 38.1 Å². The van der Waals surface area contributed by atoms with Gasteiger partial charge in [-0.1, -0.05) is 82.3 Å². The van der Waals surface area contributed by atoms with Crippen molar-refractivity contribution in [2.75, 3.05) is 0 Å². The number of ether oxygens (including phenoxy) is 5. The summed E-state index contributed by atoms with van der Waals surface area (Å²) >= 11 is 0. The maximum atomic E-state index is 14.9. The molecular formula is C43H43NO11. The lowest BCUT2D eigenvalue weighted by Gasteiger charge is -2.46. The topological polar surface area (TPSA) is 158 Å². The molecule has 1 aromatic heterocycles. The molecule has 286 valence electrons. The third kappa shape index (κ3) is 4.12. The summed E-state index contributed by atoms with van der Waals surface area (Å²) in [6.45, 7) is 14.3. The fourth-order valence-corrected chi connectivity index (χ4v) is 10.0. The molecule has 2 aliphatic carbocycles. The van der Waals surface area contributed by atoms with Gasteiger partial charge in [0.25, 0.3) is 0 Å². The molecule has 4 heterocycles. The quantitative estimate of drug-likeness (QED) is 0.118. The van der Waals surface area contributed by atoms with Crippen LogP contribution in [0, 0.1) is 21.7 Å². The summed E-state index contributed by atoms with van der Waals surface area (Å²) < 4.78 is 37.8. The van der Waals surface area contributed by atoms with Gasteiger partial charge in [-0.2, -0.15) is 0 Å². The maximum absolute atomic E-state index is 14.9. The molecule has 5 aliphatic rings. The van der Waals surface area contributed by atoms with Crippen molar-refractivity contribution in [2.45, 2.75) is 110 Å². The minimum absolute atomic E-state index is 0.0246. The van der Waals surface area contributed by atoms with Crippen LogP contribution in [-0.4, -0.2) is 51.8 Å². The summed E-state index contributed by atoms with van der Waals surface area (Å²) in [6, 6.07) is 16.2. The second-order valence-corrected chi connectivity index (χ2v) is 17.9. The Morgan fingerprint density at radius 2 is 1.20 bits per heavy atom. The molecule has 0 spiro atoms. The van der Waals surface area contributed by atoms with Gasteiger partial charge in [-0.05, 0) is 53.4 Å². The molecule has 2 saturated carbocycles. The van der Waals surface area contributed by atoms with E-state index in [1.54, 1.807) is 52.0 Å². The number of hydrogen-bond donors (Lipinski definition) is 0. The molecule has 3 aliphatic heterocycles. The lowest BCUT2D eigenvalue weighted by Crippen LogP contribution is -2.57. The fraction of sp³-hybridized carbons (Fsp3) is 0.488. The van der Waals surface area contributed by atoms with E-state index in [2.05, 4.69) is 0 Å². The molecule has 12 heteroatoms. The third-order valence-corrected chi connectivity index (χ3v) is 14.7. The number of aromatic nitrogens is 1. The summed E-state index contributed by atoms with van der Waals surface area (Å²) in [5.41, 5.74) is -8.19. The molecule has 0 amide bonds. The predicted molar refractivity (Wildman–Crippen MR) is 197 cm³/mol. The lowest BCUT2D eigenvalue weighted by atomic mass is 9.66. The van der Waals surface area contributed by atoms with Gasteiger partial charge in [-0.15, -0.1) is 0 Å². The average molecular weight is 750 g/mol. The van der Waals surface area contributed by atoms with Crippen molar-refractivity contribution >= 4 is 45.7 Å². The number of carbonyl (C=O) groups excluding carboxylic acids is 4. The van der Waals surface area contributed by atoms with Gasteiger partial charge in [0.15, 0.2) is 23.5 Å². The Balaban J connectivity index is 1.26. The van der Waals surface area contributed by atoms with Crippen molar-refractivity contribution < 1.29 is 47.3 Å². The van der Waals surface area contributed by atoms with E-state index in [4.69, 9.17) is 33.1 Å². The highest BCUT2D eigenvalue weighted by Crippen LogP contribution is 2.68. The molecule has 3 aromatic carbocycles. The molecule has 0 radical (unpaired) electrons. The normalized spacial score (nSPS) is 33.2. The van der Waals surface area contributed by atoms with Gasteiger partial charge in [-0.25, -0.2) is 19.4 Å². The number of rotatable bonds is 5. The van der Waals surface area contributed by atoms with Crippen LogP contribution in [0.2, 0.25) is 0 Å². The third-order valence-electron chi connectivity index (χ3n) is 14.7. The zero-order chi connectivity index (χ0) is 39.3. The number of nitrogens with zero attached hydrogens (tertiary/aromatic N) is 1. The zero-order valence-electron chi connectivity index (χ0n) is 32.1. The highest BCUT2D eigenvalue weighted by molar-refractivity contribution is 6.09. The SMILES string of the molecule is CC1(C)Oc2c(c3oc(=O)c(-c4ccccc4)nc3c3ccccc23)C(OC(=O)[C@@]23CC[C@@](C)(C(=O)O2)C3(C)C)C1OC(=O)[C@@]12CC[C@@](C)(C(=O)O1)C2(C)C. The van der Waals surface area contributed by atoms with Crippen molar-refractivity contribution in [1.82, 2.24) is 4.98 Å². The van der Waals surface area contributed by atoms with E-state index >= 15 is 0 Å². The van der Waals surface area contributed by atoms with Crippen molar-refractivity contribution in [3.8, 4) is 17.0 Å². The van der Waals surface area contributed by atoms with Crippen LogP contribution in [0.15, 0.2) is 63.8 Å². The summed E-state index contributed by atoms with van der Waals surface area (Å²) in [5, 5.41) is 1.19. The van der Waals surface area contributed by atoms with Crippen LogP contribution in [0.5, 0.6) is 5.75 Å². The van der Waals surface area contributed by atoms with Crippen molar-refractivity contribution in [1.29, 1.82) is 0 Å². The number of hydrogen-bond acceptors (Lipinski definition) is 12. The predicted octanol–water partition coefficient (Wildman–Crippen LogP) is 6.92. The van der Waals surface area contributed by atoms with Gasteiger partial charge < -0.3 is 28.1 Å². The summed E-state index contributed by atoms with van der Waals surface area (Å²) in [5.74, 6) is -2.38. The summed E-state index contributed by atoms with van der Waals surface area (Å²) in [7, 11) is 0. The second kappa shape index (κ2) is 10.7. The Morgan fingerprint density at radius 3 is 1.73 bits per heavy atom. The number of carbonyl (C=O) groups is 4. The van der Waals surface area contributed by atoms with Crippen LogP contribution >= 0.6 is 0 Å². The van der Waals surface area contributed by atoms with E-state index in [0.29, 0.717) is 29.2 Å².